The molecule has 1 amide bonds. The Morgan fingerprint density at radius 2 is 1.64 bits per heavy atom. The number of ether oxygens (including phenoxy) is 1. The van der Waals surface area contributed by atoms with E-state index in [1.165, 1.54) is 6.92 Å². The summed E-state index contributed by atoms with van der Waals surface area (Å²) in [5.74, 6) is -1.61. The van der Waals surface area contributed by atoms with E-state index in [4.69, 9.17) is 4.74 Å². The summed E-state index contributed by atoms with van der Waals surface area (Å²) < 4.78 is 28.6. The van der Waals surface area contributed by atoms with Crippen LogP contribution in [-0.4, -0.2) is 37.6 Å². The highest BCUT2D eigenvalue weighted by Crippen LogP contribution is 2.28. The van der Waals surface area contributed by atoms with Crippen molar-refractivity contribution in [3.05, 3.63) is 88.5 Å². The van der Waals surface area contributed by atoms with E-state index in [2.05, 4.69) is 5.32 Å². The summed E-state index contributed by atoms with van der Waals surface area (Å²) in [5, 5.41) is 14.0. The number of hydrogen-bond donors (Lipinski definition) is 1. The SMILES string of the molecule is C[C@@H](OC(=O)c1ccc(S(C)(=O)=O)c([N+](=O)[O-])c1)C(=O)Nc1ccccc1-c1ccccc1. The van der Waals surface area contributed by atoms with Gasteiger partial charge in [-0.1, -0.05) is 48.5 Å². The summed E-state index contributed by atoms with van der Waals surface area (Å²) >= 11 is 0. The normalized spacial score (nSPS) is 11.9. The number of nitro benzene ring substituents is 1. The Balaban J connectivity index is 1.77. The zero-order valence-electron chi connectivity index (χ0n) is 17.7. The first-order chi connectivity index (χ1) is 15.6. The molecule has 3 aromatic rings. The number of para-hydroxylation sites is 1. The monoisotopic (exact) mass is 468 g/mol. The lowest BCUT2D eigenvalue weighted by molar-refractivity contribution is -0.387. The zero-order chi connectivity index (χ0) is 24.2. The molecule has 0 unspecified atom stereocenters. The molecule has 3 aromatic carbocycles. The molecule has 0 aromatic heterocycles. The molecular formula is C23H20N2O7S. The minimum atomic E-state index is -3.88. The van der Waals surface area contributed by atoms with Crippen LogP contribution < -0.4 is 5.32 Å². The van der Waals surface area contributed by atoms with Crippen molar-refractivity contribution in [2.45, 2.75) is 17.9 Å². The molecule has 0 saturated heterocycles. The molecule has 9 nitrogen and oxygen atoms in total. The number of nitro groups is 1. The molecule has 170 valence electrons. The van der Waals surface area contributed by atoms with Crippen molar-refractivity contribution in [2.24, 2.45) is 0 Å². The standard InChI is InChI=1S/C23H20N2O7S/c1-15(22(26)24-19-11-7-6-10-18(19)16-8-4-3-5-9-16)32-23(27)17-12-13-21(33(2,30)31)20(14-17)25(28)29/h3-15H,1-2H3,(H,24,26)/t15-/m1/s1. The molecule has 1 atom stereocenters. The third kappa shape index (κ3) is 5.60. The van der Waals surface area contributed by atoms with Gasteiger partial charge < -0.3 is 10.1 Å². The predicted molar refractivity (Wildman–Crippen MR) is 122 cm³/mol. The Morgan fingerprint density at radius 3 is 2.27 bits per heavy atom. The van der Waals surface area contributed by atoms with Crippen LogP contribution in [0.15, 0.2) is 77.7 Å². The average Bonchev–Trinajstić information content (AvgIpc) is 2.78. The lowest BCUT2D eigenvalue weighted by Gasteiger charge is -2.16. The fourth-order valence-corrected chi connectivity index (χ4v) is 3.91. The van der Waals surface area contributed by atoms with Gasteiger partial charge in [-0.25, -0.2) is 13.2 Å². The van der Waals surface area contributed by atoms with E-state index in [0.29, 0.717) is 5.69 Å². The number of anilines is 1. The van der Waals surface area contributed by atoms with Crippen molar-refractivity contribution in [3.63, 3.8) is 0 Å². The number of nitrogens with zero attached hydrogens (tertiary/aromatic N) is 1. The second-order valence-electron chi connectivity index (χ2n) is 7.16. The number of carbonyl (C=O) groups excluding carboxylic acids is 2. The maximum Gasteiger partial charge on any atom is 0.339 e. The largest absolute Gasteiger partial charge is 0.449 e. The molecule has 0 fully saturated rings. The Morgan fingerprint density at radius 1 is 1.00 bits per heavy atom. The van der Waals surface area contributed by atoms with Gasteiger partial charge >= 0.3 is 5.97 Å². The smallest absolute Gasteiger partial charge is 0.339 e. The van der Waals surface area contributed by atoms with Gasteiger partial charge in [-0.15, -0.1) is 0 Å². The highest BCUT2D eigenvalue weighted by molar-refractivity contribution is 7.90. The van der Waals surface area contributed by atoms with Crippen molar-refractivity contribution in [1.82, 2.24) is 0 Å². The summed E-state index contributed by atoms with van der Waals surface area (Å²) in [7, 11) is -3.88. The second-order valence-corrected chi connectivity index (χ2v) is 9.14. The van der Waals surface area contributed by atoms with Crippen LogP contribution in [0.3, 0.4) is 0 Å². The zero-order valence-corrected chi connectivity index (χ0v) is 18.5. The lowest BCUT2D eigenvalue weighted by Crippen LogP contribution is -2.30. The van der Waals surface area contributed by atoms with Gasteiger partial charge in [0.15, 0.2) is 15.9 Å². The van der Waals surface area contributed by atoms with Crippen LogP contribution in [0.1, 0.15) is 17.3 Å². The van der Waals surface area contributed by atoms with Crippen molar-refractivity contribution < 1.29 is 27.7 Å². The van der Waals surface area contributed by atoms with Gasteiger partial charge in [-0.05, 0) is 30.7 Å². The van der Waals surface area contributed by atoms with Crippen molar-refractivity contribution in [3.8, 4) is 11.1 Å². The maximum absolute atomic E-state index is 12.6. The Kier molecular flexibility index (Phi) is 6.88. The van der Waals surface area contributed by atoms with E-state index in [9.17, 15) is 28.1 Å². The fraction of sp³-hybridized carbons (Fsp3) is 0.130. The van der Waals surface area contributed by atoms with E-state index in [1.54, 1.807) is 12.1 Å². The molecule has 0 bridgehead atoms. The summed E-state index contributed by atoms with van der Waals surface area (Å²) in [6, 6.07) is 19.4. The Bertz CT molecular complexity index is 1320. The number of hydrogen-bond acceptors (Lipinski definition) is 7. The van der Waals surface area contributed by atoms with Crippen LogP contribution in [-0.2, 0) is 19.4 Å². The van der Waals surface area contributed by atoms with Gasteiger partial charge in [-0.3, -0.25) is 14.9 Å². The number of carbonyl (C=O) groups is 2. The third-order valence-corrected chi connectivity index (χ3v) is 5.86. The fourth-order valence-electron chi connectivity index (χ4n) is 3.08. The van der Waals surface area contributed by atoms with Gasteiger partial charge in [0.2, 0.25) is 0 Å². The van der Waals surface area contributed by atoms with Gasteiger partial charge in [0.1, 0.15) is 4.90 Å². The molecule has 0 aliphatic heterocycles. The van der Waals surface area contributed by atoms with Crippen LogP contribution >= 0.6 is 0 Å². The molecule has 33 heavy (non-hydrogen) atoms. The molecule has 0 aliphatic rings. The molecule has 0 radical (unpaired) electrons. The lowest BCUT2D eigenvalue weighted by atomic mass is 10.0. The topological polar surface area (TPSA) is 133 Å². The third-order valence-electron chi connectivity index (χ3n) is 4.71. The van der Waals surface area contributed by atoms with Gasteiger partial charge in [0.25, 0.3) is 11.6 Å². The van der Waals surface area contributed by atoms with Crippen molar-refractivity contribution in [1.29, 1.82) is 0 Å². The molecule has 0 spiro atoms. The van der Waals surface area contributed by atoms with E-state index in [-0.39, 0.29) is 5.56 Å². The van der Waals surface area contributed by atoms with Crippen LogP contribution in [0.5, 0.6) is 0 Å². The number of rotatable bonds is 7. The van der Waals surface area contributed by atoms with Gasteiger partial charge in [-0.2, -0.15) is 0 Å². The highest BCUT2D eigenvalue weighted by Gasteiger charge is 2.26. The molecule has 0 saturated carbocycles. The van der Waals surface area contributed by atoms with Crippen LogP contribution in [0, 0.1) is 10.1 Å². The predicted octanol–water partition coefficient (Wildman–Crippen LogP) is 3.85. The van der Waals surface area contributed by atoms with Crippen LogP contribution in [0.4, 0.5) is 11.4 Å². The number of benzene rings is 3. The van der Waals surface area contributed by atoms with Gasteiger partial charge in [0.05, 0.1) is 10.5 Å². The summed E-state index contributed by atoms with van der Waals surface area (Å²) in [6.07, 6.45) is -0.400. The highest BCUT2D eigenvalue weighted by atomic mass is 32.2. The van der Waals surface area contributed by atoms with E-state index in [0.717, 1.165) is 35.6 Å². The number of sulfone groups is 1. The molecule has 0 heterocycles. The first-order valence-corrected chi connectivity index (χ1v) is 11.6. The average molecular weight is 468 g/mol. The second kappa shape index (κ2) is 9.61. The van der Waals surface area contributed by atoms with E-state index >= 15 is 0 Å². The quantitative estimate of drug-likeness (QED) is 0.316. The first-order valence-electron chi connectivity index (χ1n) is 9.72. The van der Waals surface area contributed by atoms with Crippen molar-refractivity contribution >= 4 is 33.1 Å². The Hall–Kier alpha value is -4.05. The van der Waals surface area contributed by atoms with E-state index < -0.39 is 43.3 Å². The molecule has 1 N–H and O–H groups in total. The molecular weight excluding hydrogens is 448 g/mol. The van der Waals surface area contributed by atoms with Gasteiger partial charge in [0, 0.05) is 23.6 Å². The van der Waals surface area contributed by atoms with Crippen LogP contribution in [0.25, 0.3) is 11.1 Å². The number of nitrogens with one attached hydrogen (secondary N) is 1. The summed E-state index contributed by atoms with van der Waals surface area (Å²) in [6.45, 7) is 1.36. The van der Waals surface area contributed by atoms with Crippen molar-refractivity contribution in [2.75, 3.05) is 11.6 Å². The number of amides is 1. The van der Waals surface area contributed by atoms with Crippen LogP contribution in [0.2, 0.25) is 0 Å². The molecule has 0 aliphatic carbocycles. The first kappa shape index (κ1) is 23.6. The summed E-state index contributed by atoms with van der Waals surface area (Å²) in [5.41, 5.74) is 1.18. The summed E-state index contributed by atoms with van der Waals surface area (Å²) in [4.78, 5) is 34.9. The minimum absolute atomic E-state index is 0.251. The maximum atomic E-state index is 12.6. The minimum Gasteiger partial charge on any atom is -0.449 e. The molecule has 10 heteroatoms. The number of esters is 1. The molecule has 3 rings (SSSR count). The van der Waals surface area contributed by atoms with E-state index in [1.807, 2.05) is 42.5 Å². The Labute approximate surface area is 190 Å².